The average Bonchev–Trinajstić information content (AvgIpc) is 2.99. The van der Waals surface area contributed by atoms with Crippen molar-refractivity contribution in [2.75, 3.05) is 20.3 Å². The van der Waals surface area contributed by atoms with Crippen LogP contribution in [0, 0.1) is 11.3 Å². The molecule has 0 aliphatic heterocycles. The van der Waals surface area contributed by atoms with Crippen molar-refractivity contribution < 1.29 is 9.84 Å². The quantitative estimate of drug-likeness (QED) is 0.649. The molecule has 3 N–H and O–H groups in total. The lowest BCUT2D eigenvalue weighted by atomic mass is 9.73. The van der Waals surface area contributed by atoms with E-state index in [1.807, 2.05) is 0 Å². The van der Waals surface area contributed by atoms with Crippen molar-refractivity contribution in [2.45, 2.75) is 38.6 Å². The first-order chi connectivity index (χ1) is 6.71. The lowest BCUT2D eigenvalue weighted by molar-refractivity contribution is 0.0185. The highest BCUT2D eigenvalue weighted by atomic mass is 16.5. The molecule has 14 heavy (non-hydrogen) atoms. The van der Waals surface area contributed by atoms with Gasteiger partial charge in [-0.25, -0.2) is 0 Å². The van der Waals surface area contributed by atoms with Crippen molar-refractivity contribution in [3.05, 3.63) is 0 Å². The van der Waals surface area contributed by atoms with E-state index in [2.05, 4.69) is 6.92 Å². The SMILES string of the molecule is CCC(N)C(CCO)(COC)C1CC1. The van der Waals surface area contributed by atoms with Gasteiger partial charge in [0.1, 0.15) is 0 Å². The van der Waals surface area contributed by atoms with Crippen molar-refractivity contribution in [1.29, 1.82) is 0 Å². The van der Waals surface area contributed by atoms with Crippen LogP contribution >= 0.6 is 0 Å². The summed E-state index contributed by atoms with van der Waals surface area (Å²) in [7, 11) is 1.72. The topological polar surface area (TPSA) is 55.5 Å². The number of aliphatic hydroxyl groups is 1. The second-order valence-electron chi connectivity index (χ2n) is 4.43. The lowest BCUT2D eigenvalue weighted by Crippen LogP contribution is -2.47. The Morgan fingerprint density at radius 3 is 2.57 bits per heavy atom. The van der Waals surface area contributed by atoms with Crippen LogP contribution in [0.3, 0.4) is 0 Å². The summed E-state index contributed by atoms with van der Waals surface area (Å²) in [5.41, 5.74) is 6.20. The van der Waals surface area contributed by atoms with Gasteiger partial charge in [0.05, 0.1) is 6.61 Å². The molecule has 1 saturated carbocycles. The van der Waals surface area contributed by atoms with E-state index in [1.165, 1.54) is 12.8 Å². The van der Waals surface area contributed by atoms with Crippen LogP contribution in [0.25, 0.3) is 0 Å². The molecule has 1 rings (SSSR count). The van der Waals surface area contributed by atoms with Gasteiger partial charge in [-0.2, -0.15) is 0 Å². The Bertz CT molecular complexity index is 163. The van der Waals surface area contributed by atoms with Gasteiger partial charge in [0.15, 0.2) is 0 Å². The average molecular weight is 201 g/mol. The highest BCUT2D eigenvalue weighted by molar-refractivity contribution is 4.99. The molecule has 0 aromatic carbocycles. The summed E-state index contributed by atoms with van der Waals surface area (Å²) in [5, 5.41) is 9.14. The van der Waals surface area contributed by atoms with Crippen LogP contribution in [0.1, 0.15) is 32.6 Å². The molecule has 3 nitrogen and oxygen atoms in total. The molecule has 0 saturated heterocycles. The number of ether oxygens (including phenoxy) is 1. The van der Waals surface area contributed by atoms with Crippen molar-refractivity contribution in [3.63, 3.8) is 0 Å². The summed E-state index contributed by atoms with van der Waals surface area (Å²) < 4.78 is 5.29. The molecular weight excluding hydrogens is 178 g/mol. The van der Waals surface area contributed by atoms with Crippen molar-refractivity contribution in [3.8, 4) is 0 Å². The Kier molecular flexibility index (Phi) is 4.35. The third-order valence-electron chi connectivity index (χ3n) is 3.56. The third-order valence-corrected chi connectivity index (χ3v) is 3.56. The highest BCUT2D eigenvalue weighted by Crippen LogP contribution is 2.50. The fourth-order valence-electron chi connectivity index (χ4n) is 2.53. The molecular formula is C11H23NO2. The fraction of sp³-hybridized carbons (Fsp3) is 1.00. The predicted molar refractivity (Wildman–Crippen MR) is 57.0 cm³/mol. The van der Waals surface area contributed by atoms with E-state index in [4.69, 9.17) is 15.6 Å². The van der Waals surface area contributed by atoms with E-state index < -0.39 is 0 Å². The van der Waals surface area contributed by atoms with Gasteiger partial charge in [0.25, 0.3) is 0 Å². The molecule has 0 bridgehead atoms. The Morgan fingerprint density at radius 2 is 2.21 bits per heavy atom. The highest BCUT2D eigenvalue weighted by Gasteiger charge is 2.48. The first kappa shape index (κ1) is 12.0. The van der Waals surface area contributed by atoms with E-state index in [-0.39, 0.29) is 18.1 Å². The molecule has 0 radical (unpaired) electrons. The van der Waals surface area contributed by atoms with Gasteiger partial charge in [0.2, 0.25) is 0 Å². The molecule has 2 unspecified atom stereocenters. The monoisotopic (exact) mass is 201 g/mol. The number of nitrogens with two attached hydrogens (primary N) is 1. The van der Waals surface area contributed by atoms with Crippen LogP contribution in [0.4, 0.5) is 0 Å². The van der Waals surface area contributed by atoms with Gasteiger partial charge < -0.3 is 15.6 Å². The van der Waals surface area contributed by atoms with Gasteiger partial charge in [-0.15, -0.1) is 0 Å². The van der Waals surface area contributed by atoms with Crippen LogP contribution < -0.4 is 5.73 Å². The minimum atomic E-state index is 0.0260. The maximum absolute atomic E-state index is 9.14. The smallest absolute Gasteiger partial charge is 0.0537 e. The Hall–Kier alpha value is -0.120. The summed E-state index contributed by atoms with van der Waals surface area (Å²) in [6.07, 6.45) is 4.23. The van der Waals surface area contributed by atoms with Crippen LogP contribution in [0.15, 0.2) is 0 Å². The van der Waals surface area contributed by atoms with E-state index in [9.17, 15) is 0 Å². The van der Waals surface area contributed by atoms with Gasteiger partial charge >= 0.3 is 0 Å². The fourth-order valence-corrected chi connectivity index (χ4v) is 2.53. The molecule has 0 heterocycles. The first-order valence-corrected chi connectivity index (χ1v) is 5.56. The molecule has 0 aromatic rings. The summed E-state index contributed by atoms with van der Waals surface area (Å²) in [6.45, 7) is 3.01. The summed E-state index contributed by atoms with van der Waals surface area (Å²) in [6, 6.07) is 0.155. The molecule has 0 spiro atoms. The summed E-state index contributed by atoms with van der Waals surface area (Å²) >= 11 is 0. The Labute approximate surface area is 86.6 Å². The molecule has 0 aromatic heterocycles. The van der Waals surface area contributed by atoms with Crippen molar-refractivity contribution in [1.82, 2.24) is 0 Å². The Morgan fingerprint density at radius 1 is 1.57 bits per heavy atom. The van der Waals surface area contributed by atoms with Crippen LogP contribution in [0.5, 0.6) is 0 Å². The first-order valence-electron chi connectivity index (χ1n) is 5.56. The zero-order valence-electron chi connectivity index (χ0n) is 9.33. The summed E-state index contributed by atoms with van der Waals surface area (Å²) in [4.78, 5) is 0. The molecule has 1 aliphatic carbocycles. The maximum Gasteiger partial charge on any atom is 0.0537 e. The maximum atomic E-state index is 9.14. The number of aliphatic hydroxyl groups excluding tert-OH is 1. The van der Waals surface area contributed by atoms with E-state index in [0.29, 0.717) is 12.5 Å². The molecule has 1 fully saturated rings. The molecule has 1 aliphatic rings. The van der Waals surface area contributed by atoms with E-state index in [1.54, 1.807) is 7.11 Å². The lowest BCUT2D eigenvalue weighted by Gasteiger charge is -2.38. The predicted octanol–water partition coefficient (Wildman–Crippen LogP) is 1.15. The zero-order chi connectivity index (χ0) is 10.6. The third kappa shape index (κ3) is 2.27. The van der Waals surface area contributed by atoms with Crippen LogP contribution in [-0.2, 0) is 4.74 Å². The number of hydrogen-bond acceptors (Lipinski definition) is 3. The van der Waals surface area contributed by atoms with Gasteiger partial charge in [-0.05, 0) is 31.6 Å². The second-order valence-corrected chi connectivity index (χ2v) is 4.43. The Balaban J connectivity index is 2.71. The van der Waals surface area contributed by atoms with Gasteiger partial charge in [-0.1, -0.05) is 6.92 Å². The zero-order valence-corrected chi connectivity index (χ0v) is 9.33. The molecule has 84 valence electrons. The van der Waals surface area contributed by atoms with E-state index in [0.717, 1.165) is 12.8 Å². The second kappa shape index (κ2) is 5.10. The van der Waals surface area contributed by atoms with Crippen molar-refractivity contribution >= 4 is 0 Å². The van der Waals surface area contributed by atoms with Gasteiger partial charge in [0, 0.05) is 25.2 Å². The number of methoxy groups -OCH3 is 1. The normalized spacial score (nSPS) is 23.1. The largest absolute Gasteiger partial charge is 0.396 e. The van der Waals surface area contributed by atoms with Crippen LogP contribution in [-0.4, -0.2) is 31.5 Å². The molecule has 2 atom stereocenters. The van der Waals surface area contributed by atoms with E-state index >= 15 is 0 Å². The number of hydrogen-bond donors (Lipinski definition) is 2. The van der Waals surface area contributed by atoms with Gasteiger partial charge in [-0.3, -0.25) is 0 Å². The molecule has 0 amide bonds. The minimum Gasteiger partial charge on any atom is -0.396 e. The van der Waals surface area contributed by atoms with Crippen LogP contribution in [0.2, 0.25) is 0 Å². The standard InChI is InChI=1S/C11H23NO2/c1-3-10(12)11(6-7-13,8-14-2)9-4-5-9/h9-10,13H,3-8,12H2,1-2H3. The summed E-state index contributed by atoms with van der Waals surface area (Å²) in [5.74, 6) is 0.671. The molecule has 3 heteroatoms. The minimum absolute atomic E-state index is 0.0260. The van der Waals surface area contributed by atoms with Crippen molar-refractivity contribution in [2.24, 2.45) is 17.1 Å². The number of rotatable bonds is 7.